The van der Waals surface area contributed by atoms with E-state index in [9.17, 15) is 0 Å². The van der Waals surface area contributed by atoms with Gasteiger partial charge in [-0.2, -0.15) is 17.9 Å². The third-order valence-corrected chi connectivity index (χ3v) is 4.44. The van der Waals surface area contributed by atoms with E-state index >= 15 is 0 Å². The second-order valence-corrected chi connectivity index (χ2v) is 11.9. The highest BCUT2D eigenvalue weighted by molar-refractivity contribution is 9.09. The molecule has 0 aromatic carbocycles. The van der Waals surface area contributed by atoms with Crippen LogP contribution >= 0.6 is 64.6 Å². The Labute approximate surface area is 93.4 Å². The van der Waals surface area contributed by atoms with Gasteiger partial charge in [0.1, 0.15) is 0 Å². The molecule has 72 valence electrons. The van der Waals surface area contributed by atoms with Crippen LogP contribution in [-0.2, 0) is 4.74 Å². The van der Waals surface area contributed by atoms with E-state index in [0.29, 0.717) is 0 Å². The largest absolute Gasteiger partial charge is 0.380 e. The molecule has 7 heteroatoms. The molecule has 0 aliphatic carbocycles. The molecule has 0 aromatic heterocycles. The lowest BCUT2D eigenvalue weighted by Gasteiger charge is -2.09. The summed E-state index contributed by atoms with van der Waals surface area (Å²) in [7, 11) is -0.803. The Hall–Kier alpha value is 2.06. The van der Waals surface area contributed by atoms with Gasteiger partial charge >= 0.3 is 0 Å². The van der Waals surface area contributed by atoms with Crippen molar-refractivity contribution in [3.8, 4) is 0 Å². The van der Waals surface area contributed by atoms with Gasteiger partial charge in [0.05, 0.1) is 13.2 Å². The molecule has 0 heterocycles. The number of thiol groups is 6. The van der Waals surface area contributed by atoms with E-state index in [2.05, 4.69) is 46.6 Å². The van der Waals surface area contributed by atoms with Crippen LogP contribution in [0.5, 0.6) is 0 Å². The number of rotatable bonds is 6. The van der Waals surface area contributed by atoms with E-state index in [1.807, 2.05) is 0 Å². The summed E-state index contributed by atoms with van der Waals surface area (Å²) < 4.78 is 5.29. The molecule has 0 aliphatic heterocycles. The van der Waals surface area contributed by atoms with E-state index in [0.717, 1.165) is 24.7 Å². The van der Waals surface area contributed by atoms with Gasteiger partial charge in [-0.3, -0.25) is 0 Å². The minimum Gasteiger partial charge on any atom is -0.380 e. The monoisotopic (exact) mass is 270 g/mol. The summed E-state index contributed by atoms with van der Waals surface area (Å²) in [6.45, 7) is 1.51. The Morgan fingerprint density at radius 1 is 0.818 bits per heavy atom. The van der Waals surface area contributed by atoms with Gasteiger partial charge in [-0.15, -0.1) is 46.6 Å². The number of hydrogen-bond donors (Lipinski definition) is 6. The highest BCUT2D eigenvalue weighted by Gasteiger charge is 1.93. The fourth-order valence-electron chi connectivity index (χ4n) is 0.394. The van der Waals surface area contributed by atoms with Crippen LogP contribution in [0.4, 0.5) is 0 Å². The Kier molecular flexibility index (Phi) is 10.3. The van der Waals surface area contributed by atoms with Crippen LogP contribution in [0.2, 0.25) is 0 Å². The summed E-state index contributed by atoms with van der Waals surface area (Å²) in [6, 6.07) is 0. The highest BCUT2D eigenvalue weighted by Crippen LogP contribution is 2.35. The van der Waals surface area contributed by atoms with Crippen LogP contribution in [0.15, 0.2) is 0 Å². The van der Waals surface area contributed by atoms with Crippen molar-refractivity contribution in [1.29, 1.82) is 0 Å². The van der Waals surface area contributed by atoms with Crippen molar-refractivity contribution in [2.75, 3.05) is 24.7 Å². The highest BCUT2D eigenvalue weighted by atomic mass is 33.5. The van der Waals surface area contributed by atoms with Crippen LogP contribution in [0.25, 0.3) is 0 Å². The molecule has 0 bridgehead atoms. The summed E-state index contributed by atoms with van der Waals surface area (Å²) in [4.78, 5) is 0. The van der Waals surface area contributed by atoms with Crippen LogP contribution in [0, 0.1) is 0 Å². The number of ether oxygens (including phenoxy) is 1. The predicted molar refractivity (Wildman–Crippen MR) is 74.5 cm³/mol. The zero-order chi connectivity index (χ0) is 8.69. The van der Waals surface area contributed by atoms with Gasteiger partial charge in [-0.05, 0) is 0 Å². The first kappa shape index (κ1) is 13.1. The molecule has 0 atom stereocenters. The Morgan fingerprint density at radius 3 is 1.45 bits per heavy atom. The summed E-state index contributed by atoms with van der Waals surface area (Å²) in [5.41, 5.74) is 0. The molecule has 0 aromatic rings. The molecule has 0 unspecified atom stereocenters. The second-order valence-electron chi connectivity index (χ2n) is 1.80. The minimum atomic E-state index is -0.401. The molecule has 0 rings (SSSR count). The van der Waals surface area contributed by atoms with Crippen molar-refractivity contribution in [1.82, 2.24) is 0 Å². The first-order chi connectivity index (χ1) is 5.13. The molecular weight excluding hydrogens is 256 g/mol. The summed E-state index contributed by atoms with van der Waals surface area (Å²) >= 11 is 16.7. The van der Waals surface area contributed by atoms with Gasteiger partial charge in [-0.25, -0.2) is 0 Å². The molecule has 1 nitrogen and oxygen atoms in total. The fourth-order valence-corrected chi connectivity index (χ4v) is 1.96. The fraction of sp³-hybridized carbons (Fsp3) is 1.00. The minimum absolute atomic E-state index is 0.401. The molecule has 0 spiro atoms. The van der Waals surface area contributed by atoms with Gasteiger partial charge in [0, 0.05) is 11.5 Å². The van der Waals surface area contributed by atoms with Crippen molar-refractivity contribution >= 4 is 64.6 Å². The topological polar surface area (TPSA) is 9.23 Å². The van der Waals surface area contributed by atoms with Crippen LogP contribution in [0.1, 0.15) is 0 Å². The second kappa shape index (κ2) is 8.65. The molecule has 0 aliphatic rings. The molecular formula is C4H14OS6. The van der Waals surface area contributed by atoms with Crippen LogP contribution in [0.3, 0.4) is 0 Å². The first-order valence-corrected chi connectivity index (χ1v) is 10.7. The van der Waals surface area contributed by atoms with Crippen LogP contribution < -0.4 is 0 Å². The van der Waals surface area contributed by atoms with Gasteiger partial charge in [0.25, 0.3) is 0 Å². The predicted octanol–water partition coefficient (Wildman–Crippen LogP) is 2.38. The van der Waals surface area contributed by atoms with Gasteiger partial charge < -0.3 is 4.74 Å². The lowest BCUT2D eigenvalue weighted by Crippen LogP contribution is -2.01. The van der Waals surface area contributed by atoms with Crippen molar-refractivity contribution in [2.24, 2.45) is 0 Å². The Morgan fingerprint density at radius 2 is 1.18 bits per heavy atom. The summed E-state index contributed by atoms with van der Waals surface area (Å²) in [5.74, 6) is 1.89. The maximum Gasteiger partial charge on any atom is 0.0555 e. The van der Waals surface area contributed by atoms with Crippen molar-refractivity contribution in [3.05, 3.63) is 0 Å². The van der Waals surface area contributed by atoms with E-state index in [1.165, 1.54) is 0 Å². The maximum atomic E-state index is 5.29. The van der Waals surface area contributed by atoms with Gasteiger partial charge in [-0.1, -0.05) is 0 Å². The third kappa shape index (κ3) is 12.1. The lowest BCUT2D eigenvalue weighted by molar-refractivity contribution is 0.167. The Balaban J connectivity index is 2.91. The van der Waals surface area contributed by atoms with Gasteiger partial charge in [0.15, 0.2) is 0 Å². The average Bonchev–Trinajstić information content (AvgIpc) is 1.85. The molecule has 0 radical (unpaired) electrons. The normalized spacial score (nSPS) is 13.1. The Bertz CT molecular complexity index is 76.7. The SMILES string of the molecule is S[SH](S)CCOCC[SH](S)S. The zero-order valence-corrected chi connectivity index (χ0v) is 11.3. The van der Waals surface area contributed by atoms with Gasteiger partial charge in [0.2, 0.25) is 0 Å². The van der Waals surface area contributed by atoms with E-state index < -0.39 is 17.9 Å². The molecule has 11 heavy (non-hydrogen) atoms. The maximum absolute atomic E-state index is 5.29. The molecule has 0 saturated heterocycles. The molecule has 0 amide bonds. The first-order valence-electron chi connectivity index (χ1n) is 3.01. The van der Waals surface area contributed by atoms with Crippen molar-refractivity contribution in [3.63, 3.8) is 0 Å². The van der Waals surface area contributed by atoms with E-state index in [4.69, 9.17) is 4.74 Å². The average molecular weight is 271 g/mol. The molecule has 0 saturated carbocycles. The summed E-state index contributed by atoms with van der Waals surface area (Å²) in [6.07, 6.45) is 0. The number of hydrogen-bond acceptors (Lipinski definition) is 5. The van der Waals surface area contributed by atoms with Crippen LogP contribution in [-0.4, -0.2) is 24.7 Å². The van der Waals surface area contributed by atoms with Crippen molar-refractivity contribution < 1.29 is 4.74 Å². The van der Waals surface area contributed by atoms with E-state index in [-0.39, 0.29) is 0 Å². The lowest BCUT2D eigenvalue weighted by atomic mass is 10.8. The zero-order valence-electron chi connectivity index (χ0n) is 5.92. The molecule has 0 fully saturated rings. The summed E-state index contributed by atoms with van der Waals surface area (Å²) in [5, 5.41) is 0. The quantitative estimate of drug-likeness (QED) is 0.247. The third-order valence-electron chi connectivity index (χ3n) is 0.871. The standard InChI is InChI=1S/C4H14OS6/c6-10(7)3-1-5-2-4-11(8)9/h6-11H,1-4H2. The molecule has 0 N–H and O–H groups in total. The van der Waals surface area contributed by atoms with Crippen molar-refractivity contribution in [2.45, 2.75) is 0 Å². The smallest absolute Gasteiger partial charge is 0.0555 e. The van der Waals surface area contributed by atoms with E-state index in [1.54, 1.807) is 0 Å².